The van der Waals surface area contributed by atoms with E-state index < -0.39 is 17.6 Å². The second-order valence-corrected chi connectivity index (χ2v) is 5.66. The molecule has 4 nitrogen and oxygen atoms in total. The van der Waals surface area contributed by atoms with Crippen LogP contribution in [0.2, 0.25) is 0 Å². The Kier molecular flexibility index (Phi) is 4.42. The number of carbonyl (C=O) groups excluding carboxylic acids is 1. The topological polar surface area (TPSA) is 45.2 Å². The fourth-order valence-corrected chi connectivity index (χ4v) is 2.68. The molecule has 1 aliphatic heterocycles. The molecule has 126 valence electrons. The highest BCUT2D eigenvalue weighted by Gasteiger charge is 2.30. The van der Waals surface area contributed by atoms with E-state index in [4.69, 9.17) is 0 Å². The van der Waals surface area contributed by atoms with Gasteiger partial charge in [0.1, 0.15) is 0 Å². The lowest BCUT2D eigenvalue weighted by Crippen LogP contribution is -2.19. The minimum atomic E-state index is -4.45. The van der Waals surface area contributed by atoms with E-state index in [-0.39, 0.29) is 5.69 Å². The maximum absolute atomic E-state index is 12.7. The summed E-state index contributed by atoms with van der Waals surface area (Å²) < 4.78 is 38.2. The highest BCUT2D eigenvalue weighted by atomic mass is 19.4. The van der Waals surface area contributed by atoms with E-state index in [1.165, 1.54) is 18.3 Å². The van der Waals surface area contributed by atoms with E-state index in [1.54, 1.807) is 12.3 Å². The van der Waals surface area contributed by atoms with Gasteiger partial charge in [-0.3, -0.25) is 9.78 Å². The summed E-state index contributed by atoms with van der Waals surface area (Å²) in [4.78, 5) is 18.5. The third-order valence-corrected chi connectivity index (χ3v) is 3.90. The number of nitrogens with one attached hydrogen (secondary N) is 1. The van der Waals surface area contributed by atoms with Crippen molar-refractivity contribution < 1.29 is 18.0 Å². The van der Waals surface area contributed by atoms with Crippen LogP contribution in [-0.2, 0) is 6.18 Å². The van der Waals surface area contributed by atoms with Crippen molar-refractivity contribution in [3.05, 3.63) is 53.9 Å². The van der Waals surface area contributed by atoms with Crippen LogP contribution >= 0.6 is 0 Å². The number of pyridine rings is 1. The third kappa shape index (κ3) is 3.67. The third-order valence-electron chi connectivity index (χ3n) is 3.90. The number of rotatable bonds is 3. The van der Waals surface area contributed by atoms with Crippen LogP contribution in [0.4, 0.5) is 24.5 Å². The van der Waals surface area contributed by atoms with Crippen LogP contribution in [0.3, 0.4) is 0 Å². The van der Waals surface area contributed by atoms with Crippen LogP contribution in [-0.4, -0.2) is 24.0 Å². The van der Waals surface area contributed by atoms with Gasteiger partial charge < -0.3 is 10.2 Å². The first kappa shape index (κ1) is 16.3. The van der Waals surface area contributed by atoms with Gasteiger partial charge in [0.2, 0.25) is 0 Å². The Labute approximate surface area is 137 Å². The molecule has 1 aromatic carbocycles. The summed E-state index contributed by atoms with van der Waals surface area (Å²) in [7, 11) is 0. The monoisotopic (exact) mass is 335 g/mol. The summed E-state index contributed by atoms with van der Waals surface area (Å²) in [5, 5.41) is 2.49. The molecular formula is C17H16F3N3O. The maximum atomic E-state index is 12.7. The van der Waals surface area contributed by atoms with Crippen molar-refractivity contribution in [3.63, 3.8) is 0 Å². The molecule has 1 aliphatic rings. The first-order valence-electron chi connectivity index (χ1n) is 7.62. The molecular weight excluding hydrogens is 319 g/mol. The Balaban J connectivity index is 1.76. The summed E-state index contributed by atoms with van der Waals surface area (Å²) in [5.41, 5.74) is 0.464. The SMILES string of the molecule is O=C(Nc1cccc(C(F)(F)F)c1)c1cncc(N2CCCC2)c1. The van der Waals surface area contributed by atoms with Gasteiger partial charge in [0.05, 0.1) is 23.0 Å². The molecule has 2 aromatic rings. The Bertz CT molecular complexity index is 740. The molecule has 3 rings (SSSR count). The highest BCUT2D eigenvalue weighted by molar-refractivity contribution is 6.04. The number of hydrogen-bond donors (Lipinski definition) is 1. The van der Waals surface area contributed by atoms with Crippen molar-refractivity contribution >= 4 is 17.3 Å². The van der Waals surface area contributed by atoms with E-state index >= 15 is 0 Å². The Morgan fingerprint density at radius 1 is 1.12 bits per heavy atom. The van der Waals surface area contributed by atoms with Crippen LogP contribution in [0, 0.1) is 0 Å². The Morgan fingerprint density at radius 2 is 1.88 bits per heavy atom. The van der Waals surface area contributed by atoms with Gasteiger partial charge in [0.25, 0.3) is 5.91 Å². The lowest BCUT2D eigenvalue weighted by molar-refractivity contribution is -0.137. The molecule has 7 heteroatoms. The minimum absolute atomic E-state index is 0.0985. The zero-order valence-electron chi connectivity index (χ0n) is 12.8. The molecule has 0 bridgehead atoms. The van der Waals surface area contributed by atoms with Crippen LogP contribution in [0.1, 0.15) is 28.8 Å². The number of carbonyl (C=O) groups is 1. The minimum Gasteiger partial charge on any atom is -0.370 e. The molecule has 0 atom stereocenters. The quantitative estimate of drug-likeness (QED) is 0.924. The second kappa shape index (κ2) is 6.51. The van der Waals surface area contributed by atoms with Gasteiger partial charge in [0.15, 0.2) is 0 Å². The van der Waals surface area contributed by atoms with Gasteiger partial charge in [-0.25, -0.2) is 0 Å². The fourth-order valence-electron chi connectivity index (χ4n) is 2.68. The molecule has 1 amide bonds. The van der Waals surface area contributed by atoms with Gasteiger partial charge in [-0.1, -0.05) is 6.07 Å². The number of hydrogen-bond acceptors (Lipinski definition) is 3. The lowest BCUT2D eigenvalue weighted by Gasteiger charge is -2.17. The van der Waals surface area contributed by atoms with Gasteiger partial charge in [-0.05, 0) is 37.1 Å². The molecule has 1 fully saturated rings. The Hall–Kier alpha value is -2.57. The predicted molar refractivity (Wildman–Crippen MR) is 85.1 cm³/mol. The number of amides is 1. The van der Waals surface area contributed by atoms with E-state index in [2.05, 4.69) is 15.2 Å². The highest BCUT2D eigenvalue weighted by Crippen LogP contribution is 2.30. The molecule has 24 heavy (non-hydrogen) atoms. The molecule has 0 unspecified atom stereocenters. The largest absolute Gasteiger partial charge is 0.416 e. The average Bonchev–Trinajstić information content (AvgIpc) is 3.09. The first-order valence-corrected chi connectivity index (χ1v) is 7.62. The lowest BCUT2D eigenvalue weighted by atomic mass is 10.2. The zero-order chi connectivity index (χ0) is 17.2. The van der Waals surface area contributed by atoms with E-state index in [0.717, 1.165) is 43.8 Å². The maximum Gasteiger partial charge on any atom is 0.416 e. The number of aromatic nitrogens is 1. The number of benzene rings is 1. The average molecular weight is 335 g/mol. The van der Waals surface area contributed by atoms with Crippen molar-refractivity contribution in [1.29, 1.82) is 0 Å². The summed E-state index contributed by atoms with van der Waals surface area (Å²) in [6.07, 6.45) is 0.841. The van der Waals surface area contributed by atoms with E-state index in [9.17, 15) is 18.0 Å². The molecule has 1 aromatic heterocycles. The Morgan fingerprint density at radius 3 is 2.58 bits per heavy atom. The summed E-state index contributed by atoms with van der Waals surface area (Å²) in [5.74, 6) is -0.483. The molecule has 0 spiro atoms. The van der Waals surface area contributed by atoms with Crippen molar-refractivity contribution in [3.8, 4) is 0 Å². The number of anilines is 2. The van der Waals surface area contributed by atoms with Crippen LogP contribution in [0.15, 0.2) is 42.7 Å². The fraction of sp³-hybridized carbons (Fsp3) is 0.294. The molecule has 0 aliphatic carbocycles. The smallest absolute Gasteiger partial charge is 0.370 e. The normalized spacial score (nSPS) is 14.7. The first-order chi connectivity index (χ1) is 11.4. The van der Waals surface area contributed by atoms with E-state index in [0.29, 0.717) is 5.56 Å². The molecule has 0 saturated carbocycles. The van der Waals surface area contributed by atoms with Crippen molar-refractivity contribution in [2.24, 2.45) is 0 Å². The van der Waals surface area contributed by atoms with Crippen molar-refractivity contribution in [1.82, 2.24) is 4.98 Å². The van der Waals surface area contributed by atoms with Gasteiger partial charge >= 0.3 is 6.18 Å². The number of halogens is 3. The van der Waals surface area contributed by atoms with Crippen molar-refractivity contribution in [2.75, 3.05) is 23.3 Å². The number of nitrogens with zero attached hydrogens (tertiary/aromatic N) is 2. The standard InChI is InChI=1S/C17H16F3N3O/c18-17(19,20)13-4-3-5-14(9-13)22-16(24)12-8-15(11-21-10-12)23-6-1-2-7-23/h3-5,8-11H,1-2,6-7H2,(H,22,24). The molecule has 1 N–H and O–H groups in total. The van der Waals surface area contributed by atoms with Gasteiger partial charge in [0, 0.05) is 25.0 Å². The molecule has 2 heterocycles. The van der Waals surface area contributed by atoms with Crippen LogP contribution in [0.25, 0.3) is 0 Å². The zero-order valence-corrected chi connectivity index (χ0v) is 12.8. The predicted octanol–water partition coefficient (Wildman–Crippen LogP) is 3.95. The number of alkyl halides is 3. The second-order valence-electron chi connectivity index (χ2n) is 5.66. The summed E-state index contributed by atoms with van der Waals surface area (Å²) in [6, 6.07) is 6.27. The van der Waals surface area contributed by atoms with Gasteiger partial charge in [-0.2, -0.15) is 13.2 Å². The van der Waals surface area contributed by atoms with E-state index in [1.807, 2.05) is 0 Å². The van der Waals surface area contributed by atoms with Crippen LogP contribution < -0.4 is 10.2 Å². The molecule has 0 radical (unpaired) electrons. The van der Waals surface area contributed by atoms with Crippen molar-refractivity contribution in [2.45, 2.75) is 19.0 Å². The summed E-state index contributed by atoms with van der Waals surface area (Å²) in [6.45, 7) is 1.83. The van der Waals surface area contributed by atoms with Gasteiger partial charge in [-0.15, -0.1) is 0 Å². The molecule has 1 saturated heterocycles. The summed E-state index contributed by atoms with van der Waals surface area (Å²) >= 11 is 0. The van der Waals surface area contributed by atoms with Crippen LogP contribution in [0.5, 0.6) is 0 Å².